The Labute approximate surface area is 108 Å². The van der Waals surface area contributed by atoms with Crippen molar-refractivity contribution in [2.75, 3.05) is 6.54 Å². The Morgan fingerprint density at radius 3 is 2.44 bits per heavy atom. The topological polar surface area (TPSA) is 44.6 Å². The number of hydroxylamine groups is 2. The molecule has 1 fully saturated rings. The predicted molar refractivity (Wildman–Crippen MR) is 69.6 cm³/mol. The van der Waals surface area contributed by atoms with E-state index in [9.17, 15) is 4.79 Å². The quantitative estimate of drug-likeness (QED) is 0.818. The van der Waals surface area contributed by atoms with Crippen LogP contribution in [0.5, 0.6) is 0 Å². The highest BCUT2D eigenvalue weighted by molar-refractivity contribution is 5.76. The van der Waals surface area contributed by atoms with Gasteiger partial charge in [-0.15, -0.1) is 0 Å². The van der Waals surface area contributed by atoms with Crippen LogP contribution in [0.3, 0.4) is 0 Å². The van der Waals surface area contributed by atoms with Gasteiger partial charge in [0, 0.05) is 17.5 Å². The van der Waals surface area contributed by atoms with Gasteiger partial charge in [0.15, 0.2) is 0 Å². The molecule has 0 aliphatic carbocycles. The second-order valence-electron chi connectivity index (χ2n) is 5.48. The summed E-state index contributed by atoms with van der Waals surface area (Å²) in [7, 11) is 0. The van der Waals surface area contributed by atoms with Crippen LogP contribution in [0.4, 0.5) is 4.79 Å². The predicted octanol–water partition coefficient (Wildman–Crippen LogP) is 2.86. The number of benzene rings is 1. The summed E-state index contributed by atoms with van der Waals surface area (Å²) in [6.45, 7) is 8.69. The number of amides is 2. The van der Waals surface area contributed by atoms with E-state index in [1.807, 2.05) is 37.3 Å². The third kappa shape index (κ3) is 1.86. The summed E-state index contributed by atoms with van der Waals surface area (Å²) >= 11 is 0. The van der Waals surface area contributed by atoms with Gasteiger partial charge in [0.2, 0.25) is 5.72 Å². The Bertz CT molecular complexity index is 439. The molecule has 1 aliphatic rings. The van der Waals surface area contributed by atoms with Crippen molar-refractivity contribution in [1.82, 2.24) is 10.4 Å². The van der Waals surface area contributed by atoms with Crippen LogP contribution in [0.25, 0.3) is 0 Å². The molecule has 1 saturated heterocycles. The third-order valence-corrected chi connectivity index (χ3v) is 3.17. The summed E-state index contributed by atoms with van der Waals surface area (Å²) in [6, 6.07) is 9.67. The molecular formula is C14H20N2O2. The van der Waals surface area contributed by atoms with Crippen molar-refractivity contribution in [1.29, 1.82) is 0 Å². The highest BCUT2D eigenvalue weighted by Crippen LogP contribution is 2.56. The number of hydrogen-bond acceptors (Lipinski definition) is 2. The fraction of sp³-hybridized carbons (Fsp3) is 0.500. The van der Waals surface area contributed by atoms with E-state index in [0.29, 0.717) is 6.54 Å². The Morgan fingerprint density at radius 1 is 1.33 bits per heavy atom. The number of urea groups is 1. The molecule has 1 heterocycles. The van der Waals surface area contributed by atoms with Crippen LogP contribution in [0.15, 0.2) is 30.3 Å². The van der Waals surface area contributed by atoms with Gasteiger partial charge in [-0.2, -0.15) is 5.06 Å². The van der Waals surface area contributed by atoms with Crippen LogP contribution in [0.1, 0.15) is 33.3 Å². The molecule has 1 atom stereocenters. The average Bonchev–Trinajstić information content (AvgIpc) is 3.06. The smallest absolute Gasteiger partial charge is 0.336 e. The van der Waals surface area contributed by atoms with Gasteiger partial charge in [-0.1, -0.05) is 51.1 Å². The van der Waals surface area contributed by atoms with Crippen molar-refractivity contribution in [3.63, 3.8) is 0 Å². The van der Waals surface area contributed by atoms with E-state index in [4.69, 9.17) is 4.84 Å². The lowest BCUT2D eigenvalue weighted by atomic mass is 9.80. The van der Waals surface area contributed by atoms with E-state index in [1.54, 1.807) is 0 Å². The van der Waals surface area contributed by atoms with E-state index in [0.717, 1.165) is 5.56 Å². The Kier molecular flexibility index (Phi) is 3.07. The minimum atomic E-state index is -0.659. The van der Waals surface area contributed by atoms with E-state index < -0.39 is 5.72 Å². The second kappa shape index (κ2) is 4.28. The summed E-state index contributed by atoms with van der Waals surface area (Å²) in [5.74, 6) is 0. The summed E-state index contributed by atoms with van der Waals surface area (Å²) < 4.78 is 0. The molecule has 4 heteroatoms. The number of carbonyl (C=O) groups is 1. The maximum absolute atomic E-state index is 11.9. The van der Waals surface area contributed by atoms with Crippen molar-refractivity contribution in [3.05, 3.63) is 35.9 Å². The molecule has 2 rings (SSSR count). The zero-order chi connectivity index (χ0) is 13.4. The number of hydrogen-bond donors (Lipinski definition) is 1. The highest BCUT2D eigenvalue weighted by Gasteiger charge is 2.66. The van der Waals surface area contributed by atoms with Crippen LogP contribution in [-0.2, 0) is 10.6 Å². The molecule has 0 spiro atoms. The normalized spacial score (nSPS) is 22.8. The van der Waals surface area contributed by atoms with Crippen LogP contribution in [0, 0.1) is 5.41 Å². The van der Waals surface area contributed by atoms with Crippen LogP contribution in [0.2, 0.25) is 0 Å². The van der Waals surface area contributed by atoms with Crippen molar-refractivity contribution in [2.45, 2.75) is 33.4 Å². The van der Waals surface area contributed by atoms with E-state index in [-0.39, 0.29) is 11.4 Å². The SMILES string of the molecule is CCNC(=O)N1OC1(c1ccccc1)C(C)(C)C. The van der Waals surface area contributed by atoms with Gasteiger partial charge in [0.1, 0.15) is 0 Å². The first-order valence-electron chi connectivity index (χ1n) is 6.26. The first-order chi connectivity index (χ1) is 8.43. The molecule has 0 aromatic heterocycles. The van der Waals surface area contributed by atoms with Crippen molar-refractivity contribution in [2.24, 2.45) is 5.41 Å². The lowest BCUT2D eigenvalue weighted by molar-refractivity contribution is 0.149. The van der Waals surface area contributed by atoms with E-state index >= 15 is 0 Å². The largest absolute Gasteiger partial charge is 0.344 e. The molecule has 0 bridgehead atoms. The molecule has 1 aliphatic heterocycles. The first kappa shape index (κ1) is 12.9. The molecule has 1 N–H and O–H groups in total. The number of nitrogens with zero attached hydrogens (tertiary/aromatic N) is 1. The van der Waals surface area contributed by atoms with Crippen molar-refractivity contribution in [3.8, 4) is 0 Å². The standard InChI is InChI=1S/C14H20N2O2/c1-5-15-12(17)16-14(18-16,13(2,3)4)11-9-7-6-8-10-11/h6-10H,5H2,1-4H3,(H,15,17). The maximum Gasteiger partial charge on any atom is 0.344 e. The molecule has 1 aromatic carbocycles. The minimum Gasteiger partial charge on any atom is -0.336 e. The van der Waals surface area contributed by atoms with Crippen molar-refractivity contribution >= 4 is 6.03 Å². The molecule has 18 heavy (non-hydrogen) atoms. The van der Waals surface area contributed by atoms with Gasteiger partial charge in [-0.05, 0) is 6.92 Å². The van der Waals surface area contributed by atoms with Crippen LogP contribution >= 0.6 is 0 Å². The van der Waals surface area contributed by atoms with Gasteiger partial charge >= 0.3 is 6.03 Å². The molecule has 2 amide bonds. The average molecular weight is 248 g/mol. The number of rotatable bonds is 2. The molecule has 98 valence electrons. The summed E-state index contributed by atoms with van der Waals surface area (Å²) in [5.41, 5.74) is 0.149. The van der Waals surface area contributed by atoms with E-state index in [2.05, 4.69) is 26.1 Å². The third-order valence-electron chi connectivity index (χ3n) is 3.17. The van der Waals surface area contributed by atoms with Gasteiger partial charge < -0.3 is 5.32 Å². The molecule has 1 unspecified atom stereocenters. The summed E-state index contributed by atoms with van der Waals surface area (Å²) in [6.07, 6.45) is 0. The fourth-order valence-electron chi connectivity index (χ4n) is 2.23. The maximum atomic E-state index is 11.9. The van der Waals surface area contributed by atoms with Crippen LogP contribution < -0.4 is 5.32 Å². The summed E-state index contributed by atoms with van der Waals surface area (Å²) in [4.78, 5) is 17.6. The number of nitrogens with one attached hydrogen (secondary N) is 1. The molecule has 0 radical (unpaired) electrons. The monoisotopic (exact) mass is 248 g/mol. The van der Waals surface area contributed by atoms with Gasteiger partial charge in [-0.3, -0.25) is 0 Å². The second-order valence-corrected chi connectivity index (χ2v) is 5.48. The first-order valence-corrected chi connectivity index (χ1v) is 6.26. The van der Waals surface area contributed by atoms with E-state index in [1.165, 1.54) is 5.06 Å². The van der Waals surface area contributed by atoms with Gasteiger partial charge in [-0.25, -0.2) is 9.63 Å². The lowest BCUT2D eigenvalue weighted by Crippen LogP contribution is -2.38. The van der Waals surface area contributed by atoms with Crippen molar-refractivity contribution < 1.29 is 9.63 Å². The molecule has 4 nitrogen and oxygen atoms in total. The fourth-order valence-corrected chi connectivity index (χ4v) is 2.23. The lowest BCUT2D eigenvalue weighted by Gasteiger charge is -2.26. The highest BCUT2D eigenvalue weighted by atomic mass is 16.9. The minimum absolute atomic E-state index is 0.184. The Morgan fingerprint density at radius 2 is 1.94 bits per heavy atom. The Hall–Kier alpha value is -1.55. The Balaban J connectivity index is 2.33. The number of carbonyl (C=O) groups excluding carboxylic acids is 1. The molecular weight excluding hydrogens is 228 g/mol. The van der Waals surface area contributed by atoms with Gasteiger partial charge in [0.25, 0.3) is 0 Å². The molecule has 1 aromatic rings. The van der Waals surface area contributed by atoms with Crippen LogP contribution in [-0.4, -0.2) is 17.6 Å². The molecule has 0 saturated carbocycles. The van der Waals surface area contributed by atoms with Gasteiger partial charge in [0.05, 0.1) is 0 Å². The summed E-state index contributed by atoms with van der Waals surface area (Å²) in [5, 5.41) is 4.20. The zero-order valence-electron chi connectivity index (χ0n) is 11.4. The zero-order valence-corrected chi connectivity index (χ0v) is 11.4.